The van der Waals surface area contributed by atoms with Gasteiger partial charge in [-0.15, -0.1) is 5.10 Å². The largest absolute Gasteiger partial charge is 0.360 e. The van der Waals surface area contributed by atoms with Crippen molar-refractivity contribution in [1.82, 2.24) is 25.1 Å². The Morgan fingerprint density at radius 2 is 2.25 bits per heavy atom. The van der Waals surface area contributed by atoms with Crippen LogP contribution in [0.3, 0.4) is 0 Å². The maximum Gasteiger partial charge on any atom is 0.276 e. The minimum absolute atomic E-state index is 0.0525. The van der Waals surface area contributed by atoms with Gasteiger partial charge in [0.05, 0.1) is 12.2 Å². The molecule has 4 rings (SSSR count). The first-order chi connectivity index (χ1) is 9.81. The Kier molecular flexibility index (Phi) is 2.58. The van der Waals surface area contributed by atoms with Crippen molar-refractivity contribution in [3.8, 4) is 0 Å². The van der Waals surface area contributed by atoms with E-state index in [0.29, 0.717) is 18.2 Å². The minimum atomic E-state index is -0.0525. The van der Waals surface area contributed by atoms with Crippen LogP contribution in [0.4, 0.5) is 0 Å². The molecule has 1 saturated heterocycles. The van der Waals surface area contributed by atoms with E-state index >= 15 is 0 Å². The molecule has 1 atom stereocenters. The minimum Gasteiger partial charge on any atom is -0.360 e. The number of rotatable bonds is 3. The lowest BCUT2D eigenvalue weighted by Gasteiger charge is -2.14. The van der Waals surface area contributed by atoms with Gasteiger partial charge in [-0.05, 0) is 19.3 Å². The molecule has 2 aliphatic rings. The first-order valence-electron chi connectivity index (χ1n) is 6.93. The Bertz CT molecular complexity index is 617. The second kappa shape index (κ2) is 4.43. The van der Waals surface area contributed by atoms with Gasteiger partial charge in [-0.3, -0.25) is 4.79 Å². The topological polar surface area (TPSA) is 77.0 Å². The summed E-state index contributed by atoms with van der Waals surface area (Å²) in [4.78, 5) is 14.2. The van der Waals surface area contributed by atoms with Gasteiger partial charge in [-0.25, -0.2) is 4.68 Å². The number of carbonyl (C=O) groups is 1. The van der Waals surface area contributed by atoms with Crippen LogP contribution in [0.1, 0.15) is 47.5 Å². The summed E-state index contributed by atoms with van der Waals surface area (Å²) >= 11 is 0. The molecule has 2 fully saturated rings. The van der Waals surface area contributed by atoms with Crippen molar-refractivity contribution in [2.24, 2.45) is 0 Å². The standard InChI is InChI=1S/C13H15N5O2/c19-13(11-7-12(20-15-11)9-1-2-9)17-5-3-10(8-17)18-6-4-14-16-18/h4,6-7,9-10H,1-3,5,8H2. The molecule has 2 aromatic rings. The van der Waals surface area contributed by atoms with E-state index in [4.69, 9.17) is 4.52 Å². The first kappa shape index (κ1) is 11.6. The van der Waals surface area contributed by atoms with Crippen LogP contribution in [-0.4, -0.2) is 44.0 Å². The maximum atomic E-state index is 12.4. The van der Waals surface area contributed by atoms with Gasteiger partial charge >= 0.3 is 0 Å². The SMILES string of the molecule is O=C(c1cc(C2CC2)on1)N1CCC(n2ccnn2)C1. The lowest BCUT2D eigenvalue weighted by Crippen LogP contribution is -2.29. The van der Waals surface area contributed by atoms with E-state index in [1.165, 1.54) is 0 Å². The van der Waals surface area contributed by atoms with Gasteiger partial charge in [0.25, 0.3) is 5.91 Å². The van der Waals surface area contributed by atoms with Crippen molar-refractivity contribution in [2.45, 2.75) is 31.2 Å². The number of carbonyl (C=O) groups excluding carboxylic acids is 1. The molecule has 0 radical (unpaired) electrons. The molecule has 7 heteroatoms. The fourth-order valence-electron chi connectivity index (χ4n) is 2.67. The zero-order chi connectivity index (χ0) is 13.5. The average molecular weight is 273 g/mol. The highest BCUT2D eigenvalue weighted by Gasteiger charge is 2.32. The first-order valence-corrected chi connectivity index (χ1v) is 6.93. The summed E-state index contributed by atoms with van der Waals surface area (Å²) in [7, 11) is 0. The molecule has 1 aliphatic carbocycles. The molecule has 0 bridgehead atoms. The highest BCUT2D eigenvalue weighted by Crippen LogP contribution is 2.40. The molecule has 1 amide bonds. The molecule has 2 aromatic heterocycles. The average Bonchev–Trinajstić information content (AvgIpc) is 2.97. The summed E-state index contributed by atoms with van der Waals surface area (Å²) in [6.45, 7) is 1.36. The number of aromatic nitrogens is 4. The Morgan fingerprint density at radius 1 is 1.35 bits per heavy atom. The van der Waals surface area contributed by atoms with Crippen molar-refractivity contribution >= 4 is 5.91 Å². The van der Waals surface area contributed by atoms with Crippen molar-refractivity contribution in [3.05, 3.63) is 29.9 Å². The van der Waals surface area contributed by atoms with Crippen molar-refractivity contribution < 1.29 is 9.32 Å². The Labute approximate surface area is 115 Å². The molecule has 0 spiro atoms. The molecule has 7 nitrogen and oxygen atoms in total. The smallest absolute Gasteiger partial charge is 0.276 e. The molecule has 20 heavy (non-hydrogen) atoms. The van der Waals surface area contributed by atoms with E-state index in [0.717, 1.165) is 31.6 Å². The number of amides is 1. The fraction of sp³-hybridized carbons (Fsp3) is 0.538. The van der Waals surface area contributed by atoms with Crippen molar-refractivity contribution in [3.63, 3.8) is 0 Å². The summed E-state index contributed by atoms with van der Waals surface area (Å²) in [5.41, 5.74) is 0.422. The lowest BCUT2D eigenvalue weighted by atomic mass is 10.2. The highest BCUT2D eigenvalue weighted by molar-refractivity contribution is 5.92. The fourth-order valence-corrected chi connectivity index (χ4v) is 2.67. The zero-order valence-electron chi connectivity index (χ0n) is 11.0. The van der Waals surface area contributed by atoms with E-state index in [1.807, 2.05) is 10.9 Å². The van der Waals surface area contributed by atoms with Crippen LogP contribution < -0.4 is 0 Å². The molecule has 0 N–H and O–H groups in total. The van der Waals surface area contributed by atoms with Gasteiger partial charge in [0.15, 0.2) is 5.69 Å². The molecule has 0 aromatic carbocycles. The quantitative estimate of drug-likeness (QED) is 0.840. The molecule has 1 saturated carbocycles. The molecule has 1 unspecified atom stereocenters. The van der Waals surface area contributed by atoms with E-state index < -0.39 is 0 Å². The summed E-state index contributed by atoms with van der Waals surface area (Å²) in [5, 5.41) is 11.7. The van der Waals surface area contributed by atoms with E-state index in [9.17, 15) is 4.79 Å². The van der Waals surface area contributed by atoms with Crippen LogP contribution in [0.2, 0.25) is 0 Å². The third-order valence-corrected chi connectivity index (χ3v) is 3.99. The van der Waals surface area contributed by atoms with E-state index in [-0.39, 0.29) is 11.9 Å². The van der Waals surface area contributed by atoms with Crippen LogP contribution in [0.15, 0.2) is 23.0 Å². The van der Waals surface area contributed by atoms with Crippen LogP contribution in [-0.2, 0) is 0 Å². The molecular formula is C13H15N5O2. The Hall–Kier alpha value is -2.18. The number of likely N-dealkylation sites (tertiary alicyclic amines) is 1. The molecule has 3 heterocycles. The summed E-state index contributed by atoms with van der Waals surface area (Å²) in [6.07, 6.45) is 6.66. The third-order valence-electron chi connectivity index (χ3n) is 3.99. The number of nitrogens with zero attached hydrogens (tertiary/aromatic N) is 5. The Balaban J connectivity index is 1.46. The normalized spacial score (nSPS) is 22.4. The molecule has 1 aliphatic heterocycles. The molecule has 104 valence electrons. The van der Waals surface area contributed by atoms with E-state index in [2.05, 4.69) is 15.5 Å². The van der Waals surface area contributed by atoms with Gasteiger partial charge in [-0.2, -0.15) is 0 Å². The van der Waals surface area contributed by atoms with Gasteiger partial charge in [0.1, 0.15) is 5.76 Å². The lowest BCUT2D eigenvalue weighted by molar-refractivity contribution is 0.0776. The second-order valence-electron chi connectivity index (χ2n) is 5.47. The monoisotopic (exact) mass is 273 g/mol. The van der Waals surface area contributed by atoms with Crippen molar-refractivity contribution in [1.29, 1.82) is 0 Å². The number of hydrogen-bond acceptors (Lipinski definition) is 5. The summed E-state index contributed by atoms with van der Waals surface area (Å²) in [6, 6.07) is 2.00. The zero-order valence-corrected chi connectivity index (χ0v) is 11.0. The van der Waals surface area contributed by atoms with Crippen LogP contribution in [0, 0.1) is 0 Å². The van der Waals surface area contributed by atoms with Crippen LogP contribution in [0.5, 0.6) is 0 Å². The van der Waals surface area contributed by atoms with Gasteiger partial charge < -0.3 is 9.42 Å². The summed E-state index contributed by atoms with van der Waals surface area (Å²) < 4.78 is 7.05. The number of hydrogen-bond donors (Lipinski definition) is 0. The maximum absolute atomic E-state index is 12.4. The predicted molar refractivity (Wildman–Crippen MR) is 68.1 cm³/mol. The van der Waals surface area contributed by atoms with E-state index in [1.54, 1.807) is 17.2 Å². The van der Waals surface area contributed by atoms with Crippen LogP contribution in [0.25, 0.3) is 0 Å². The van der Waals surface area contributed by atoms with Gasteiger partial charge in [0, 0.05) is 31.3 Å². The van der Waals surface area contributed by atoms with Gasteiger partial charge in [-0.1, -0.05) is 10.4 Å². The third kappa shape index (κ3) is 1.99. The predicted octanol–water partition coefficient (Wildman–Crippen LogP) is 1.23. The second-order valence-corrected chi connectivity index (χ2v) is 5.47. The summed E-state index contributed by atoms with van der Waals surface area (Å²) in [5.74, 6) is 1.27. The highest BCUT2D eigenvalue weighted by atomic mass is 16.5. The Morgan fingerprint density at radius 3 is 3.00 bits per heavy atom. The van der Waals surface area contributed by atoms with Gasteiger partial charge in [0.2, 0.25) is 0 Å². The van der Waals surface area contributed by atoms with Crippen LogP contribution >= 0.6 is 0 Å². The van der Waals surface area contributed by atoms with Crippen molar-refractivity contribution in [2.75, 3.05) is 13.1 Å². The molecular weight excluding hydrogens is 258 g/mol.